The van der Waals surface area contributed by atoms with E-state index in [1.165, 1.54) is 6.92 Å². The molecule has 0 saturated carbocycles. The monoisotopic (exact) mass is 320 g/mol. The van der Waals surface area contributed by atoms with Crippen molar-refractivity contribution in [3.63, 3.8) is 0 Å². The molecule has 1 aliphatic rings. The van der Waals surface area contributed by atoms with E-state index >= 15 is 0 Å². The van der Waals surface area contributed by atoms with E-state index in [4.69, 9.17) is 9.47 Å². The summed E-state index contributed by atoms with van der Waals surface area (Å²) in [5.74, 6) is 0.479. The number of nitrogens with one attached hydrogen (secondary N) is 1. The first kappa shape index (κ1) is 16.6. The predicted molar refractivity (Wildman–Crippen MR) is 79.6 cm³/mol. The van der Waals surface area contributed by atoms with Gasteiger partial charge in [0.1, 0.15) is 12.4 Å². The lowest BCUT2D eigenvalue weighted by atomic mass is 10.3. The summed E-state index contributed by atoms with van der Waals surface area (Å²) in [7, 11) is 0. The molecule has 0 bridgehead atoms. The normalized spacial score (nSPS) is 13.5. The maximum Gasteiger partial charge on any atom is 0.375 e. The van der Waals surface area contributed by atoms with Crippen LogP contribution in [0.1, 0.15) is 6.92 Å². The van der Waals surface area contributed by atoms with E-state index in [1.807, 2.05) is 0 Å². The number of nitrogens with zero attached hydrogens (tertiary/aromatic N) is 3. The third-order valence-electron chi connectivity index (χ3n) is 2.82. The molecule has 9 heteroatoms. The Labute approximate surface area is 132 Å². The number of azo groups is 1. The number of carbonyl (C=O) groups is 3. The van der Waals surface area contributed by atoms with Gasteiger partial charge in [0.2, 0.25) is 5.91 Å². The summed E-state index contributed by atoms with van der Waals surface area (Å²) >= 11 is 0. The van der Waals surface area contributed by atoms with E-state index in [0.717, 1.165) is 4.90 Å². The van der Waals surface area contributed by atoms with Gasteiger partial charge in [-0.15, -0.1) is 0 Å². The molecule has 0 unspecified atom stereocenters. The fraction of sp³-hybridized carbons (Fsp3) is 0.357. The van der Waals surface area contributed by atoms with Crippen LogP contribution in [0.5, 0.6) is 5.75 Å². The summed E-state index contributed by atoms with van der Waals surface area (Å²) in [5.41, 5.74) is 0.379. The second-order valence-electron chi connectivity index (χ2n) is 4.54. The minimum Gasteiger partial charge on any atom is -0.491 e. The van der Waals surface area contributed by atoms with Crippen molar-refractivity contribution in [2.24, 2.45) is 10.2 Å². The first-order chi connectivity index (χ1) is 11.1. The molecular formula is C14H16N4O5. The van der Waals surface area contributed by atoms with Gasteiger partial charge >= 0.3 is 12.1 Å². The highest BCUT2D eigenvalue weighted by Gasteiger charge is 2.28. The molecule has 0 atom stereocenters. The molecule has 0 saturated heterocycles. The van der Waals surface area contributed by atoms with E-state index in [-0.39, 0.29) is 5.91 Å². The van der Waals surface area contributed by atoms with Crippen LogP contribution in [0.4, 0.5) is 15.3 Å². The molecule has 0 radical (unpaired) electrons. The van der Waals surface area contributed by atoms with Gasteiger partial charge in [0.25, 0.3) is 0 Å². The largest absolute Gasteiger partial charge is 0.491 e. The Balaban J connectivity index is 1.70. The van der Waals surface area contributed by atoms with Crippen LogP contribution in [-0.4, -0.2) is 44.3 Å². The fourth-order valence-electron chi connectivity index (χ4n) is 1.79. The molecular weight excluding hydrogens is 304 g/mol. The Morgan fingerprint density at radius 2 is 1.74 bits per heavy atom. The molecule has 0 spiro atoms. The standard InChI is InChI=1S/C14H16N4O5/c1-10(19)15-6-7-22-8-9-23-12-4-2-11(3-5-12)18-13(20)16-17-14(18)21/h2-5H,6-9H2,1H3,(H,15,19). The summed E-state index contributed by atoms with van der Waals surface area (Å²) in [4.78, 5) is 34.3. The van der Waals surface area contributed by atoms with Gasteiger partial charge in [-0.1, -0.05) is 10.2 Å². The number of carbonyl (C=O) groups excluding carboxylic acids is 3. The molecule has 1 heterocycles. The van der Waals surface area contributed by atoms with Gasteiger partial charge in [-0.25, -0.2) is 14.5 Å². The first-order valence-corrected chi connectivity index (χ1v) is 6.93. The summed E-state index contributed by atoms with van der Waals surface area (Å²) < 4.78 is 10.7. The highest BCUT2D eigenvalue weighted by molar-refractivity contribution is 6.17. The lowest BCUT2D eigenvalue weighted by Gasteiger charge is -2.12. The van der Waals surface area contributed by atoms with Crippen LogP contribution in [-0.2, 0) is 9.53 Å². The number of amides is 5. The molecule has 5 amide bonds. The molecule has 1 aromatic rings. The molecule has 9 nitrogen and oxygen atoms in total. The molecule has 0 fully saturated rings. The van der Waals surface area contributed by atoms with Crippen molar-refractivity contribution < 1.29 is 23.9 Å². The van der Waals surface area contributed by atoms with Crippen molar-refractivity contribution in [2.45, 2.75) is 6.92 Å². The lowest BCUT2D eigenvalue weighted by molar-refractivity contribution is -0.119. The Bertz CT molecular complexity index is 596. The number of benzene rings is 1. The Kier molecular flexibility index (Phi) is 5.75. The van der Waals surface area contributed by atoms with E-state index in [2.05, 4.69) is 15.5 Å². The SMILES string of the molecule is CC(=O)NCCOCCOc1ccc(N2C(=O)N=NC2=O)cc1. The van der Waals surface area contributed by atoms with E-state index in [9.17, 15) is 14.4 Å². The smallest absolute Gasteiger partial charge is 0.375 e. The summed E-state index contributed by atoms with van der Waals surface area (Å²) in [6.45, 7) is 3.03. The number of ether oxygens (including phenoxy) is 2. The van der Waals surface area contributed by atoms with E-state index < -0.39 is 12.1 Å². The molecule has 1 N–H and O–H groups in total. The second-order valence-corrected chi connectivity index (χ2v) is 4.54. The number of anilines is 1. The van der Waals surface area contributed by atoms with E-state index in [1.54, 1.807) is 24.3 Å². The van der Waals surface area contributed by atoms with Crippen molar-refractivity contribution >= 4 is 23.7 Å². The molecule has 122 valence electrons. The van der Waals surface area contributed by atoms with Gasteiger partial charge in [0.05, 0.1) is 18.9 Å². The zero-order valence-corrected chi connectivity index (χ0v) is 12.5. The molecule has 0 aliphatic carbocycles. The first-order valence-electron chi connectivity index (χ1n) is 6.93. The zero-order chi connectivity index (χ0) is 16.7. The van der Waals surface area contributed by atoms with Crippen LogP contribution in [0.15, 0.2) is 34.5 Å². The molecule has 0 aromatic heterocycles. The predicted octanol–water partition coefficient (Wildman–Crippen LogP) is 1.73. The maximum absolute atomic E-state index is 11.4. The molecule has 1 aromatic carbocycles. The van der Waals surface area contributed by atoms with Gasteiger partial charge in [-0.05, 0) is 24.3 Å². The highest BCUT2D eigenvalue weighted by atomic mass is 16.5. The van der Waals surface area contributed by atoms with Crippen molar-refractivity contribution in [2.75, 3.05) is 31.3 Å². The topological polar surface area (TPSA) is 110 Å². The van der Waals surface area contributed by atoms with Crippen molar-refractivity contribution in [3.8, 4) is 5.75 Å². The average Bonchev–Trinajstić information content (AvgIpc) is 2.86. The summed E-state index contributed by atoms with van der Waals surface area (Å²) in [5, 5.41) is 8.98. The van der Waals surface area contributed by atoms with Crippen molar-refractivity contribution in [1.29, 1.82) is 0 Å². The number of hydrogen-bond donors (Lipinski definition) is 1. The van der Waals surface area contributed by atoms with Crippen molar-refractivity contribution in [1.82, 2.24) is 5.32 Å². The Morgan fingerprint density at radius 1 is 1.09 bits per heavy atom. The maximum atomic E-state index is 11.4. The van der Waals surface area contributed by atoms with Crippen molar-refractivity contribution in [3.05, 3.63) is 24.3 Å². The quantitative estimate of drug-likeness (QED) is 0.733. The van der Waals surface area contributed by atoms with Gasteiger partial charge in [-0.2, -0.15) is 0 Å². The van der Waals surface area contributed by atoms with Gasteiger partial charge in [0.15, 0.2) is 0 Å². The second kappa shape index (κ2) is 7.99. The van der Waals surface area contributed by atoms with E-state index in [0.29, 0.717) is 37.8 Å². The minimum absolute atomic E-state index is 0.0968. The van der Waals surface area contributed by atoms with Crippen LogP contribution in [0, 0.1) is 0 Å². The number of urea groups is 2. The van der Waals surface area contributed by atoms with Crippen LogP contribution in [0.2, 0.25) is 0 Å². The molecule has 2 rings (SSSR count). The zero-order valence-electron chi connectivity index (χ0n) is 12.5. The molecule has 1 aliphatic heterocycles. The van der Waals surface area contributed by atoms with Gasteiger partial charge in [0, 0.05) is 13.5 Å². The third-order valence-corrected chi connectivity index (χ3v) is 2.82. The fourth-order valence-corrected chi connectivity index (χ4v) is 1.79. The Hall–Kier alpha value is -2.81. The van der Waals surface area contributed by atoms with Gasteiger partial charge in [-0.3, -0.25) is 4.79 Å². The van der Waals surface area contributed by atoms with Gasteiger partial charge < -0.3 is 14.8 Å². The van der Waals surface area contributed by atoms with Crippen LogP contribution in [0.25, 0.3) is 0 Å². The average molecular weight is 320 g/mol. The molecule has 23 heavy (non-hydrogen) atoms. The summed E-state index contributed by atoms with van der Waals surface area (Å²) in [6, 6.07) is 4.97. The third kappa shape index (κ3) is 4.85. The minimum atomic E-state index is -0.712. The Morgan fingerprint density at radius 3 is 2.35 bits per heavy atom. The lowest BCUT2D eigenvalue weighted by Crippen LogP contribution is -2.27. The number of rotatable bonds is 8. The highest BCUT2D eigenvalue weighted by Crippen LogP contribution is 2.23. The number of hydrogen-bond acceptors (Lipinski definition) is 5. The van der Waals surface area contributed by atoms with Crippen LogP contribution in [0.3, 0.4) is 0 Å². The van der Waals surface area contributed by atoms with Crippen LogP contribution >= 0.6 is 0 Å². The summed E-state index contributed by atoms with van der Waals surface area (Å²) in [6.07, 6.45) is 0. The van der Waals surface area contributed by atoms with Crippen LogP contribution < -0.4 is 15.0 Å². The number of imide groups is 1.